The number of hydrogen-bond acceptors (Lipinski definition) is 7. The van der Waals surface area contributed by atoms with E-state index in [9.17, 15) is 9.59 Å². The molecule has 0 bridgehead atoms. The van der Waals surface area contributed by atoms with E-state index in [1.54, 1.807) is 18.2 Å². The molecule has 2 aromatic rings. The third-order valence-corrected chi connectivity index (χ3v) is 6.51. The molecule has 1 saturated carbocycles. The van der Waals surface area contributed by atoms with Gasteiger partial charge in [0.1, 0.15) is 5.84 Å². The molecule has 2 heterocycles. The fourth-order valence-corrected chi connectivity index (χ4v) is 4.58. The fourth-order valence-electron chi connectivity index (χ4n) is 4.58. The van der Waals surface area contributed by atoms with Crippen molar-refractivity contribution in [1.82, 2.24) is 15.5 Å². The van der Waals surface area contributed by atoms with Gasteiger partial charge in [-0.2, -0.15) is 0 Å². The number of carbonyl (C=O) groups is 2. The summed E-state index contributed by atoms with van der Waals surface area (Å²) in [5.74, 6) is 0.177. The minimum absolute atomic E-state index is 0. The second-order valence-corrected chi connectivity index (χ2v) is 8.70. The summed E-state index contributed by atoms with van der Waals surface area (Å²) in [7, 11) is 1.41. The predicted octanol–water partition coefficient (Wildman–Crippen LogP) is 2.91. The monoisotopic (exact) mass is 486 g/mol. The van der Waals surface area contributed by atoms with Crippen LogP contribution >= 0.6 is 12.4 Å². The standard InChI is InChI=1S/C24H30N6O3.ClH/c1-33-24(32)17-8-10-18(11-9-17)27-23(31)19-14-20(15-4-6-16(7-5-15)21(25)26)28-29-22(19)30-12-2-3-13-30;/h4-7,14,17-18H,2-3,8-13H2,1H3,(H3,25,26)(H,27,31);1H. The van der Waals surface area contributed by atoms with E-state index in [0.29, 0.717) is 35.5 Å². The average Bonchev–Trinajstić information content (AvgIpc) is 3.38. The topological polar surface area (TPSA) is 134 Å². The van der Waals surface area contributed by atoms with Gasteiger partial charge in [-0.25, -0.2) is 0 Å². The fraction of sp³-hybridized carbons (Fsp3) is 0.458. The van der Waals surface area contributed by atoms with Crippen LogP contribution in [0.25, 0.3) is 11.3 Å². The van der Waals surface area contributed by atoms with E-state index in [0.717, 1.165) is 44.3 Å². The van der Waals surface area contributed by atoms with E-state index in [4.69, 9.17) is 15.9 Å². The molecular weight excluding hydrogens is 456 g/mol. The molecule has 1 saturated heterocycles. The molecule has 4 N–H and O–H groups in total. The van der Waals surface area contributed by atoms with Crippen LogP contribution in [0.3, 0.4) is 0 Å². The Balaban J connectivity index is 0.00000324. The molecular formula is C24H31ClN6O3. The number of halogens is 1. The van der Waals surface area contributed by atoms with Gasteiger partial charge in [-0.05, 0) is 44.6 Å². The highest BCUT2D eigenvalue weighted by Gasteiger charge is 2.29. The molecule has 2 aliphatic rings. The first kappa shape index (κ1) is 25.4. The lowest BCUT2D eigenvalue weighted by Crippen LogP contribution is -2.39. The van der Waals surface area contributed by atoms with Gasteiger partial charge in [-0.1, -0.05) is 24.3 Å². The number of nitrogen functional groups attached to an aromatic ring is 1. The smallest absolute Gasteiger partial charge is 0.308 e. The molecule has 10 heteroatoms. The Hall–Kier alpha value is -3.20. The Morgan fingerprint density at radius 2 is 1.74 bits per heavy atom. The van der Waals surface area contributed by atoms with Crippen molar-refractivity contribution in [1.29, 1.82) is 5.41 Å². The number of nitrogens with one attached hydrogen (secondary N) is 2. The predicted molar refractivity (Wildman–Crippen MR) is 132 cm³/mol. The van der Waals surface area contributed by atoms with Crippen LogP contribution in [-0.4, -0.2) is 54.2 Å². The molecule has 1 aromatic carbocycles. The lowest BCUT2D eigenvalue weighted by atomic mass is 9.86. The minimum Gasteiger partial charge on any atom is -0.469 e. The molecule has 0 unspecified atom stereocenters. The number of esters is 1. The molecule has 1 amide bonds. The highest BCUT2D eigenvalue weighted by molar-refractivity contribution is 6.00. The van der Waals surface area contributed by atoms with Crippen molar-refractivity contribution >= 4 is 35.9 Å². The van der Waals surface area contributed by atoms with Gasteiger partial charge in [-0.3, -0.25) is 15.0 Å². The molecule has 0 spiro atoms. The maximum Gasteiger partial charge on any atom is 0.308 e. The number of hydrogen-bond donors (Lipinski definition) is 3. The number of benzene rings is 1. The molecule has 34 heavy (non-hydrogen) atoms. The molecule has 1 aromatic heterocycles. The van der Waals surface area contributed by atoms with Crippen LogP contribution in [0.1, 0.15) is 54.4 Å². The maximum absolute atomic E-state index is 13.3. The van der Waals surface area contributed by atoms with E-state index < -0.39 is 0 Å². The summed E-state index contributed by atoms with van der Waals surface area (Å²) in [4.78, 5) is 27.2. The summed E-state index contributed by atoms with van der Waals surface area (Å²) >= 11 is 0. The van der Waals surface area contributed by atoms with Gasteiger partial charge >= 0.3 is 5.97 Å². The minimum atomic E-state index is -0.171. The van der Waals surface area contributed by atoms with Crippen LogP contribution in [0.15, 0.2) is 30.3 Å². The summed E-state index contributed by atoms with van der Waals surface area (Å²) < 4.78 is 4.86. The first-order valence-corrected chi connectivity index (χ1v) is 11.4. The Bertz CT molecular complexity index is 1030. The Kier molecular flexibility index (Phi) is 8.44. The average molecular weight is 487 g/mol. The van der Waals surface area contributed by atoms with Gasteiger partial charge in [0.25, 0.3) is 5.91 Å². The van der Waals surface area contributed by atoms with E-state index in [1.165, 1.54) is 7.11 Å². The first-order chi connectivity index (χ1) is 16.0. The molecule has 1 aliphatic heterocycles. The zero-order valence-electron chi connectivity index (χ0n) is 19.3. The number of amides is 1. The normalized spacial score (nSPS) is 19.7. The molecule has 2 fully saturated rings. The van der Waals surface area contributed by atoms with Crippen LogP contribution < -0.4 is 16.0 Å². The van der Waals surface area contributed by atoms with Gasteiger partial charge in [0.15, 0.2) is 5.82 Å². The summed E-state index contributed by atoms with van der Waals surface area (Å²) in [5.41, 5.74) is 8.07. The van der Waals surface area contributed by atoms with Crippen LogP contribution in [-0.2, 0) is 9.53 Å². The second-order valence-electron chi connectivity index (χ2n) is 8.70. The SMILES string of the molecule is COC(=O)C1CCC(NC(=O)c2cc(-c3ccc(C(=N)N)cc3)nnc2N2CCCC2)CC1.Cl. The lowest BCUT2D eigenvalue weighted by molar-refractivity contribution is -0.146. The van der Waals surface area contributed by atoms with Gasteiger partial charge in [0.2, 0.25) is 0 Å². The third-order valence-electron chi connectivity index (χ3n) is 6.51. The number of nitrogens with two attached hydrogens (primary N) is 1. The molecule has 0 atom stereocenters. The summed E-state index contributed by atoms with van der Waals surface area (Å²) in [5, 5.41) is 19.5. The van der Waals surface area contributed by atoms with Crippen molar-refractivity contribution in [2.45, 2.75) is 44.6 Å². The van der Waals surface area contributed by atoms with Crippen molar-refractivity contribution in [3.05, 3.63) is 41.5 Å². The Labute approximate surface area is 205 Å². The second kappa shape index (κ2) is 11.3. The van der Waals surface area contributed by atoms with Crippen molar-refractivity contribution in [2.75, 3.05) is 25.1 Å². The van der Waals surface area contributed by atoms with Crippen molar-refractivity contribution in [3.8, 4) is 11.3 Å². The lowest BCUT2D eigenvalue weighted by Gasteiger charge is -2.28. The maximum atomic E-state index is 13.3. The van der Waals surface area contributed by atoms with Crippen molar-refractivity contribution < 1.29 is 14.3 Å². The molecule has 182 valence electrons. The van der Waals surface area contributed by atoms with Crippen LogP contribution in [0, 0.1) is 11.3 Å². The summed E-state index contributed by atoms with van der Waals surface area (Å²) in [6, 6.07) is 8.97. The Morgan fingerprint density at radius 1 is 1.09 bits per heavy atom. The van der Waals surface area contributed by atoms with Crippen LogP contribution in [0.4, 0.5) is 5.82 Å². The largest absolute Gasteiger partial charge is 0.469 e. The number of anilines is 1. The van der Waals surface area contributed by atoms with Crippen LogP contribution in [0.5, 0.6) is 0 Å². The quantitative estimate of drug-likeness (QED) is 0.324. The van der Waals surface area contributed by atoms with E-state index >= 15 is 0 Å². The van der Waals surface area contributed by atoms with E-state index in [2.05, 4.69) is 20.4 Å². The zero-order valence-corrected chi connectivity index (χ0v) is 20.1. The number of ether oxygens (including phenoxy) is 1. The molecule has 9 nitrogen and oxygen atoms in total. The number of methoxy groups -OCH3 is 1. The Morgan fingerprint density at radius 3 is 2.32 bits per heavy atom. The highest BCUT2D eigenvalue weighted by atomic mass is 35.5. The first-order valence-electron chi connectivity index (χ1n) is 11.4. The van der Waals surface area contributed by atoms with Gasteiger partial charge in [0, 0.05) is 30.3 Å². The zero-order chi connectivity index (χ0) is 23.4. The van der Waals surface area contributed by atoms with Gasteiger partial charge in [-0.15, -0.1) is 22.6 Å². The van der Waals surface area contributed by atoms with Gasteiger partial charge < -0.3 is 20.7 Å². The number of amidine groups is 1. The van der Waals surface area contributed by atoms with Crippen LogP contribution in [0.2, 0.25) is 0 Å². The van der Waals surface area contributed by atoms with E-state index in [-0.39, 0.29) is 42.1 Å². The molecule has 0 radical (unpaired) electrons. The number of aromatic nitrogens is 2. The number of rotatable bonds is 6. The van der Waals surface area contributed by atoms with Crippen molar-refractivity contribution in [3.63, 3.8) is 0 Å². The van der Waals surface area contributed by atoms with Gasteiger partial charge in [0.05, 0.1) is 24.3 Å². The summed E-state index contributed by atoms with van der Waals surface area (Å²) in [6.45, 7) is 1.71. The molecule has 1 aliphatic carbocycles. The number of carbonyl (C=O) groups excluding carboxylic acids is 2. The van der Waals surface area contributed by atoms with E-state index in [1.807, 2.05) is 12.1 Å². The highest BCUT2D eigenvalue weighted by Crippen LogP contribution is 2.28. The molecule has 4 rings (SSSR count). The third kappa shape index (κ3) is 5.64. The number of nitrogens with zero attached hydrogens (tertiary/aromatic N) is 3. The van der Waals surface area contributed by atoms with Crippen molar-refractivity contribution in [2.24, 2.45) is 11.7 Å². The summed E-state index contributed by atoms with van der Waals surface area (Å²) in [6.07, 6.45) is 5.02.